The van der Waals surface area contributed by atoms with E-state index in [0.29, 0.717) is 5.82 Å². The van der Waals surface area contributed by atoms with Crippen molar-refractivity contribution in [2.75, 3.05) is 5.32 Å². The van der Waals surface area contributed by atoms with Crippen molar-refractivity contribution >= 4 is 28.6 Å². The molecule has 2 aromatic carbocycles. The van der Waals surface area contributed by atoms with Gasteiger partial charge in [0, 0.05) is 35.1 Å². The molecule has 6 heteroatoms. The number of aliphatic imine (C=N–C) groups is 1. The lowest BCUT2D eigenvalue weighted by Crippen LogP contribution is -2.04. The van der Waals surface area contributed by atoms with Crippen LogP contribution < -0.4 is 5.32 Å². The van der Waals surface area contributed by atoms with Crippen LogP contribution in [-0.2, 0) is 0 Å². The van der Waals surface area contributed by atoms with Crippen LogP contribution in [0.2, 0.25) is 0 Å². The minimum absolute atomic E-state index is 0.0569. The Labute approximate surface area is 137 Å². The van der Waals surface area contributed by atoms with Crippen LogP contribution in [0.15, 0.2) is 71.9 Å². The number of nitro benzene ring substituents is 1. The highest BCUT2D eigenvalue weighted by Crippen LogP contribution is 2.33. The number of aromatic nitrogens is 1. The standard InChI is InChI=1S/C18H12N4O2/c23-22(24)13-9-7-12(8-10-13)17-14-4-1-2-5-15(14)21-18-16(20-17)6-3-11-19-18/h1-11H,(H,19,21). The normalized spacial score (nSPS) is 12.2. The van der Waals surface area contributed by atoms with Crippen LogP contribution in [-0.4, -0.2) is 15.6 Å². The van der Waals surface area contributed by atoms with Crippen LogP contribution in [0.5, 0.6) is 0 Å². The Bertz CT molecular complexity index is 965. The first-order valence-corrected chi connectivity index (χ1v) is 7.37. The number of nitro groups is 1. The second-order valence-electron chi connectivity index (χ2n) is 5.31. The number of para-hydroxylation sites is 1. The molecular weight excluding hydrogens is 304 g/mol. The average Bonchev–Trinajstić information content (AvgIpc) is 2.78. The third-order valence-corrected chi connectivity index (χ3v) is 3.81. The SMILES string of the molecule is O=[N+]([O-])c1ccc(C2=Nc3cccnc3Nc3ccccc32)cc1. The molecule has 0 aliphatic carbocycles. The van der Waals surface area contributed by atoms with Crippen molar-refractivity contribution in [2.24, 2.45) is 4.99 Å². The van der Waals surface area contributed by atoms with E-state index in [1.165, 1.54) is 12.1 Å². The third-order valence-electron chi connectivity index (χ3n) is 3.81. The molecule has 2 heterocycles. The van der Waals surface area contributed by atoms with Gasteiger partial charge in [0.15, 0.2) is 5.82 Å². The number of pyridine rings is 1. The number of nitrogens with zero attached hydrogens (tertiary/aromatic N) is 3. The largest absolute Gasteiger partial charge is 0.338 e. The molecule has 0 fully saturated rings. The van der Waals surface area contributed by atoms with Gasteiger partial charge in [-0.2, -0.15) is 0 Å². The van der Waals surface area contributed by atoms with E-state index in [4.69, 9.17) is 4.99 Å². The van der Waals surface area contributed by atoms with Crippen LogP contribution in [0.25, 0.3) is 0 Å². The zero-order chi connectivity index (χ0) is 16.5. The molecule has 3 aromatic rings. The van der Waals surface area contributed by atoms with Gasteiger partial charge in [-0.05, 0) is 30.3 Å². The fraction of sp³-hybridized carbons (Fsp3) is 0. The Balaban J connectivity index is 1.91. The Morgan fingerprint density at radius 2 is 1.75 bits per heavy atom. The zero-order valence-corrected chi connectivity index (χ0v) is 12.5. The first kappa shape index (κ1) is 14.1. The molecule has 1 aliphatic rings. The Morgan fingerprint density at radius 3 is 2.54 bits per heavy atom. The van der Waals surface area contributed by atoms with E-state index in [1.807, 2.05) is 36.4 Å². The predicted molar refractivity (Wildman–Crippen MR) is 92.4 cm³/mol. The molecule has 0 unspecified atom stereocenters. The monoisotopic (exact) mass is 316 g/mol. The van der Waals surface area contributed by atoms with Crippen molar-refractivity contribution in [3.05, 3.63) is 88.1 Å². The molecule has 1 aromatic heterocycles. The molecule has 0 saturated carbocycles. The van der Waals surface area contributed by atoms with Crippen molar-refractivity contribution in [1.82, 2.24) is 4.98 Å². The maximum atomic E-state index is 10.9. The van der Waals surface area contributed by atoms with Gasteiger partial charge in [0.25, 0.3) is 5.69 Å². The van der Waals surface area contributed by atoms with Crippen LogP contribution >= 0.6 is 0 Å². The van der Waals surface area contributed by atoms with Gasteiger partial charge in [0.1, 0.15) is 5.69 Å². The first-order chi connectivity index (χ1) is 11.7. The molecule has 1 N–H and O–H groups in total. The average molecular weight is 316 g/mol. The maximum absolute atomic E-state index is 10.9. The second-order valence-corrected chi connectivity index (χ2v) is 5.31. The van der Waals surface area contributed by atoms with Crippen molar-refractivity contribution in [3.63, 3.8) is 0 Å². The molecule has 0 amide bonds. The lowest BCUT2D eigenvalue weighted by atomic mass is 10.0. The first-order valence-electron chi connectivity index (χ1n) is 7.37. The van der Waals surface area contributed by atoms with Gasteiger partial charge in [-0.3, -0.25) is 10.1 Å². The Hall–Kier alpha value is -3.54. The highest BCUT2D eigenvalue weighted by Gasteiger charge is 2.18. The van der Waals surface area contributed by atoms with Crippen LogP contribution in [0.1, 0.15) is 11.1 Å². The smallest absolute Gasteiger partial charge is 0.269 e. The number of rotatable bonds is 2. The van der Waals surface area contributed by atoms with Gasteiger partial charge in [-0.25, -0.2) is 9.98 Å². The third kappa shape index (κ3) is 2.40. The van der Waals surface area contributed by atoms with Crippen molar-refractivity contribution in [3.8, 4) is 0 Å². The maximum Gasteiger partial charge on any atom is 0.269 e. The van der Waals surface area contributed by atoms with Gasteiger partial charge < -0.3 is 5.32 Å². The van der Waals surface area contributed by atoms with Gasteiger partial charge in [0.2, 0.25) is 0 Å². The van der Waals surface area contributed by atoms with Crippen molar-refractivity contribution in [1.29, 1.82) is 0 Å². The number of hydrogen-bond donors (Lipinski definition) is 1. The lowest BCUT2D eigenvalue weighted by molar-refractivity contribution is -0.384. The summed E-state index contributed by atoms with van der Waals surface area (Å²) >= 11 is 0. The van der Waals surface area contributed by atoms with E-state index >= 15 is 0 Å². The Kier molecular flexibility index (Phi) is 3.28. The zero-order valence-electron chi connectivity index (χ0n) is 12.5. The number of non-ortho nitro benzene ring substituents is 1. The van der Waals surface area contributed by atoms with E-state index < -0.39 is 4.92 Å². The minimum atomic E-state index is -0.409. The van der Waals surface area contributed by atoms with E-state index in [9.17, 15) is 10.1 Å². The summed E-state index contributed by atoms with van der Waals surface area (Å²) in [6, 6.07) is 17.9. The van der Waals surface area contributed by atoms with Crippen molar-refractivity contribution in [2.45, 2.75) is 0 Å². The molecule has 116 valence electrons. The molecule has 0 radical (unpaired) electrons. The molecule has 6 nitrogen and oxygen atoms in total. The fourth-order valence-electron chi connectivity index (χ4n) is 2.65. The molecule has 0 saturated heterocycles. The van der Waals surface area contributed by atoms with E-state index in [0.717, 1.165) is 28.2 Å². The second kappa shape index (κ2) is 5.58. The summed E-state index contributed by atoms with van der Waals surface area (Å²) in [5, 5.41) is 14.2. The van der Waals surface area contributed by atoms with Crippen LogP contribution in [0.3, 0.4) is 0 Å². The number of fused-ring (bicyclic) bond motifs is 2. The number of nitrogens with one attached hydrogen (secondary N) is 1. The summed E-state index contributed by atoms with van der Waals surface area (Å²) in [7, 11) is 0. The lowest BCUT2D eigenvalue weighted by Gasteiger charge is -2.10. The topological polar surface area (TPSA) is 80.4 Å². The molecule has 0 atom stereocenters. The van der Waals surface area contributed by atoms with Crippen molar-refractivity contribution < 1.29 is 4.92 Å². The summed E-state index contributed by atoms with van der Waals surface area (Å²) in [4.78, 5) is 19.5. The highest BCUT2D eigenvalue weighted by molar-refractivity contribution is 6.18. The van der Waals surface area contributed by atoms with Gasteiger partial charge in [0.05, 0.1) is 10.6 Å². The highest BCUT2D eigenvalue weighted by atomic mass is 16.6. The molecule has 24 heavy (non-hydrogen) atoms. The van der Waals surface area contributed by atoms with Gasteiger partial charge >= 0.3 is 0 Å². The van der Waals surface area contributed by atoms with E-state index in [1.54, 1.807) is 18.3 Å². The molecule has 4 rings (SSSR count). The predicted octanol–water partition coefficient (Wildman–Crippen LogP) is 4.22. The number of anilines is 2. The molecule has 0 spiro atoms. The summed E-state index contributed by atoms with van der Waals surface area (Å²) in [6.07, 6.45) is 1.71. The summed E-state index contributed by atoms with van der Waals surface area (Å²) in [5.41, 5.74) is 4.16. The van der Waals surface area contributed by atoms with Crippen LogP contribution in [0.4, 0.5) is 22.9 Å². The molecule has 0 bridgehead atoms. The van der Waals surface area contributed by atoms with E-state index in [-0.39, 0.29) is 5.69 Å². The minimum Gasteiger partial charge on any atom is -0.338 e. The fourth-order valence-corrected chi connectivity index (χ4v) is 2.65. The van der Waals surface area contributed by atoms with Crippen LogP contribution in [0, 0.1) is 10.1 Å². The number of hydrogen-bond acceptors (Lipinski definition) is 5. The molecular formula is C18H12N4O2. The van der Waals surface area contributed by atoms with Gasteiger partial charge in [-0.1, -0.05) is 18.2 Å². The number of benzene rings is 2. The Morgan fingerprint density at radius 1 is 0.958 bits per heavy atom. The summed E-state index contributed by atoms with van der Waals surface area (Å²) < 4.78 is 0. The van der Waals surface area contributed by atoms with Gasteiger partial charge in [-0.15, -0.1) is 0 Å². The quantitative estimate of drug-likeness (QED) is 0.443. The molecule has 1 aliphatic heterocycles. The summed E-state index contributed by atoms with van der Waals surface area (Å²) in [6.45, 7) is 0. The summed E-state index contributed by atoms with van der Waals surface area (Å²) in [5.74, 6) is 0.682. The van der Waals surface area contributed by atoms with E-state index in [2.05, 4.69) is 10.3 Å².